The summed E-state index contributed by atoms with van der Waals surface area (Å²) < 4.78 is 0. The molecular formula is C19H23ClN2O. The molecule has 3 nitrogen and oxygen atoms in total. The van der Waals surface area contributed by atoms with Crippen molar-refractivity contribution in [1.29, 1.82) is 0 Å². The van der Waals surface area contributed by atoms with Crippen molar-refractivity contribution in [2.24, 2.45) is 0 Å². The summed E-state index contributed by atoms with van der Waals surface area (Å²) in [5, 5.41) is 3.30. The molecule has 1 atom stereocenters. The molecule has 122 valence electrons. The minimum absolute atomic E-state index is 0. The number of hydrogen-bond acceptors (Lipinski definition) is 2. The molecule has 2 aromatic rings. The normalized spacial score (nSPS) is 16.7. The topological polar surface area (TPSA) is 32.3 Å². The van der Waals surface area contributed by atoms with E-state index in [2.05, 4.69) is 41.7 Å². The maximum Gasteiger partial charge on any atom is 0.227 e. The van der Waals surface area contributed by atoms with Crippen LogP contribution in [0, 0.1) is 0 Å². The predicted molar refractivity (Wildman–Crippen MR) is 96.9 cm³/mol. The van der Waals surface area contributed by atoms with Crippen LogP contribution in [0.4, 0.5) is 0 Å². The van der Waals surface area contributed by atoms with Gasteiger partial charge in [-0.1, -0.05) is 54.6 Å². The van der Waals surface area contributed by atoms with E-state index in [1.165, 1.54) is 11.1 Å². The van der Waals surface area contributed by atoms with Gasteiger partial charge in [-0.05, 0) is 29.7 Å². The van der Waals surface area contributed by atoms with E-state index in [0.717, 1.165) is 25.1 Å². The van der Waals surface area contributed by atoms with E-state index in [4.69, 9.17) is 0 Å². The Morgan fingerprint density at radius 1 is 1.09 bits per heavy atom. The molecule has 1 N–H and O–H groups in total. The summed E-state index contributed by atoms with van der Waals surface area (Å²) in [6, 6.07) is 18.9. The van der Waals surface area contributed by atoms with Crippen molar-refractivity contribution in [3.63, 3.8) is 0 Å². The fourth-order valence-corrected chi connectivity index (χ4v) is 2.92. The number of nitrogens with one attached hydrogen (secondary N) is 1. The van der Waals surface area contributed by atoms with Crippen LogP contribution in [-0.4, -0.2) is 37.0 Å². The van der Waals surface area contributed by atoms with Gasteiger partial charge in [-0.25, -0.2) is 0 Å². The summed E-state index contributed by atoms with van der Waals surface area (Å²) in [6.07, 6.45) is 1.53. The SMILES string of the molecule is CN(C(=O)Cc1ccc(-c2ccccc2)cc1)C1CCNC1.Cl. The number of carbonyl (C=O) groups excluding carboxylic acids is 1. The van der Waals surface area contributed by atoms with Gasteiger partial charge < -0.3 is 10.2 Å². The van der Waals surface area contributed by atoms with Crippen molar-refractivity contribution in [3.05, 3.63) is 60.2 Å². The fraction of sp³-hybridized carbons (Fsp3) is 0.316. The van der Waals surface area contributed by atoms with Gasteiger partial charge in [0.1, 0.15) is 0 Å². The van der Waals surface area contributed by atoms with Crippen LogP contribution in [0.25, 0.3) is 11.1 Å². The van der Waals surface area contributed by atoms with Crippen molar-refractivity contribution in [1.82, 2.24) is 10.2 Å². The number of carbonyl (C=O) groups is 1. The molecule has 1 saturated heterocycles. The Morgan fingerprint density at radius 2 is 1.74 bits per heavy atom. The molecule has 1 heterocycles. The lowest BCUT2D eigenvalue weighted by Gasteiger charge is -2.23. The molecular weight excluding hydrogens is 308 g/mol. The van der Waals surface area contributed by atoms with E-state index >= 15 is 0 Å². The standard InChI is InChI=1S/C19H22N2O.ClH/c1-21(18-11-12-20-14-18)19(22)13-15-7-9-17(10-8-15)16-5-3-2-4-6-16;/h2-10,18,20H,11-14H2,1H3;1H. The van der Waals surface area contributed by atoms with Gasteiger partial charge in [0.15, 0.2) is 0 Å². The Hall–Kier alpha value is -1.84. The molecule has 23 heavy (non-hydrogen) atoms. The molecule has 1 amide bonds. The van der Waals surface area contributed by atoms with Gasteiger partial charge >= 0.3 is 0 Å². The first kappa shape index (κ1) is 17.5. The number of hydrogen-bond donors (Lipinski definition) is 1. The summed E-state index contributed by atoms with van der Waals surface area (Å²) in [5.41, 5.74) is 3.46. The van der Waals surface area contributed by atoms with E-state index in [1.807, 2.05) is 30.1 Å². The molecule has 0 spiro atoms. The lowest BCUT2D eigenvalue weighted by atomic mass is 10.0. The van der Waals surface area contributed by atoms with Gasteiger partial charge in [0, 0.05) is 19.6 Å². The van der Waals surface area contributed by atoms with Crippen molar-refractivity contribution >= 4 is 18.3 Å². The molecule has 3 rings (SSSR count). The maximum absolute atomic E-state index is 12.4. The molecule has 1 fully saturated rings. The van der Waals surface area contributed by atoms with Crippen molar-refractivity contribution < 1.29 is 4.79 Å². The van der Waals surface area contributed by atoms with Crippen LogP contribution in [0.1, 0.15) is 12.0 Å². The van der Waals surface area contributed by atoms with Gasteiger partial charge in [0.2, 0.25) is 5.91 Å². The molecule has 0 saturated carbocycles. The zero-order valence-corrected chi connectivity index (χ0v) is 14.2. The predicted octanol–water partition coefficient (Wildman–Crippen LogP) is 3.14. The zero-order valence-electron chi connectivity index (χ0n) is 13.4. The summed E-state index contributed by atoms with van der Waals surface area (Å²) in [6.45, 7) is 1.92. The summed E-state index contributed by atoms with van der Waals surface area (Å²) in [5.74, 6) is 0.196. The maximum atomic E-state index is 12.4. The highest BCUT2D eigenvalue weighted by molar-refractivity contribution is 5.85. The lowest BCUT2D eigenvalue weighted by molar-refractivity contribution is -0.130. The number of nitrogens with zero attached hydrogens (tertiary/aromatic N) is 1. The second-order valence-electron chi connectivity index (χ2n) is 5.89. The average Bonchev–Trinajstić information content (AvgIpc) is 3.10. The smallest absolute Gasteiger partial charge is 0.227 e. The van der Waals surface area contributed by atoms with Gasteiger partial charge in [-0.3, -0.25) is 4.79 Å². The third kappa shape index (κ3) is 4.34. The third-order valence-corrected chi connectivity index (χ3v) is 4.39. The highest BCUT2D eigenvalue weighted by Crippen LogP contribution is 2.19. The summed E-state index contributed by atoms with van der Waals surface area (Å²) in [7, 11) is 1.92. The first-order chi connectivity index (χ1) is 10.7. The lowest BCUT2D eigenvalue weighted by Crippen LogP contribution is -2.39. The molecule has 0 bridgehead atoms. The van der Waals surface area contributed by atoms with E-state index in [9.17, 15) is 4.79 Å². The van der Waals surface area contributed by atoms with Crippen LogP contribution >= 0.6 is 12.4 Å². The van der Waals surface area contributed by atoms with Gasteiger partial charge in [-0.2, -0.15) is 0 Å². The number of amides is 1. The molecule has 1 aliphatic rings. The molecule has 0 aliphatic carbocycles. The van der Waals surface area contributed by atoms with Crippen LogP contribution in [0.5, 0.6) is 0 Å². The number of benzene rings is 2. The van der Waals surface area contributed by atoms with E-state index in [1.54, 1.807) is 0 Å². The molecule has 2 aromatic carbocycles. The fourth-order valence-electron chi connectivity index (χ4n) is 2.92. The Kier molecular flexibility index (Phi) is 6.20. The first-order valence-corrected chi connectivity index (χ1v) is 7.85. The van der Waals surface area contributed by atoms with Gasteiger partial charge in [0.25, 0.3) is 0 Å². The minimum atomic E-state index is 0. The van der Waals surface area contributed by atoms with Gasteiger partial charge in [0.05, 0.1) is 6.42 Å². The quantitative estimate of drug-likeness (QED) is 0.934. The first-order valence-electron chi connectivity index (χ1n) is 7.85. The Labute approximate surface area is 144 Å². The third-order valence-electron chi connectivity index (χ3n) is 4.39. The van der Waals surface area contributed by atoms with E-state index < -0.39 is 0 Å². The molecule has 1 unspecified atom stereocenters. The molecule has 0 radical (unpaired) electrons. The molecule has 1 aliphatic heterocycles. The van der Waals surface area contributed by atoms with Crippen LogP contribution < -0.4 is 5.32 Å². The number of halogens is 1. The second kappa shape index (κ2) is 8.14. The average molecular weight is 331 g/mol. The van der Waals surface area contributed by atoms with Crippen molar-refractivity contribution in [3.8, 4) is 11.1 Å². The summed E-state index contributed by atoms with van der Waals surface area (Å²) in [4.78, 5) is 14.2. The Bertz CT molecular complexity index is 622. The van der Waals surface area contributed by atoms with Gasteiger partial charge in [-0.15, -0.1) is 12.4 Å². The molecule has 4 heteroatoms. The van der Waals surface area contributed by atoms with Crippen LogP contribution in [0.2, 0.25) is 0 Å². The number of likely N-dealkylation sites (N-methyl/N-ethyl adjacent to an activating group) is 1. The highest BCUT2D eigenvalue weighted by Gasteiger charge is 2.22. The second-order valence-corrected chi connectivity index (χ2v) is 5.89. The number of rotatable bonds is 4. The Balaban J connectivity index is 0.00000192. The molecule has 0 aromatic heterocycles. The zero-order chi connectivity index (χ0) is 15.4. The van der Waals surface area contributed by atoms with Crippen LogP contribution in [0.15, 0.2) is 54.6 Å². The van der Waals surface area contributed by atoms with E-state index in [0.29, 0.717) is 12.5 Å². The van der Waals surface area contributed by atoms with E-state index in [-0.39, 0.29) is 18.3 Å². The monoisotopic (exact) mass is 330 g/mol. The van der Waals surface area contributed by atoms with Crippen molar-refractivity contribution in [2.45, 2.75) is 18.9 Å². The van der Waals surface area contributed by atoms with Crippen molar-refractivity contribution in [2.75, 3.05) is 20.1 Å². The largest absolute Gasteiger partial charge is 0.341 e. The van der Waals surface area contributed by atoms with Crippen LogP contribution in [-0.2, 0) is 11.2 Å². The highest BCUT2D eigenvalue weighted by atomic mass is 35.5. The van der Waals surface area contributed by atoms with Crippen LogP contribution in [0.3, 0.4) is 0 Å². The minimum Gasteiger partial charge on any atom is -0.341 e. The Morgan fingerprint density at radius 3 is 2.35 bits per heavy atom. The summed E-state index contributed by atoms with van der Waals surface area (Å²) >= 11 is 0.